The molecule has 1 fully saturated rings. The summed E-state index contributed by atoms with van der Waals surface area (Å²) in [7, 11) is -3.56. The lowest BCUT2D eigenvalue weighted by molar-refractivity contribution is -0.155. The van der Waals surface area contributed by atoms with Crippen molar-refractivity contribution in [2.75, 3.05) is 6.54 Å². The highest BCUT2D eigenvalue weighted by molar-refractivity contribution is 7.90. The van der Waals surface area contributed by atoms with Gasteiger partial charge in [0.05, 0.1) is 4.90 Å². The third kappa shape index (κ3) is 4.89. The Kier molecular flexibility index (Phi) is 6.33. The SMILES string of the molecule is CC(OC(=O)CCCN=C1NS(=O)(=O)c2ccccc21)C(=O)NC1CCCC1. The fraction of sp³-hybridized carbons (Fsp3) is 0.526. The van der Waals surface area contributed by atoms with Crippen LogP contribution in [0.15, 0.2) is 34.2 Å². The number of hydrogen-bond donors (Lipinski definition) is 2. The minimum absolute atomic E-state index is 0.103. The van der Waals surface area contributed by atoms with Gasteiger partial charge >= 0.3 is 5.97 Å². The molecule has 0 bridgehead atoms. The predicted octanol–water partition coefficient (Wildman–Crippen LogP) is 1.50. The molecule has 0 radical (unpaired) electrons. The van der Waals surface area contributed by atoms with Crippen molar-refractivity contribution in [2.45, 2.75) is 62.5 Å². The van der Waals surface area contributed by atoms with Crippen LogP contribution in [0.3, 0.4) is 0 Å². The molecule has 152 valence electrons. The maximum Gasteiger partial charge on any atom is 0.306 e. The van der Waals surface area contributed by atoms with Gasteiger partial charge in [-0.05, 0) is 38.3 Å². The first-order chi connectivity index (χ1) is 13.4. The molecule has 8 nitrogen and oxygen atoms in total. The van der Waals surface area contributed by atoms with Crippen molar-refractivity contribution in [2.24, 2.45) is 4.99 Å². The van der Waals surface area contributed by atoms with E-state index in [9.17, 15) is 18.0 Å². The van der Waals surface area contributed by atoms with E-state index in [0.717, 1.165) is 25.7 Å². The Morgan fingerprint density at radius 3 is 2.75 bits per heavy atom. The van der Waals surface area contributed by atoms with Crippen molar-refractivity contribution in [3.8, 4) is 0 Å². The van der Waals surface area contributed by atoms with E-state index in [2.05, 4.69) is 15.0 Å². The van der Waals surface area contributed by atoms with Gasteiger partial charge in [0, 0.05) is 24.6 Å². The van der Waals surface area contributed by atoms with Gasteiger partial charge in [0.1, 0.15) is 5.84 Å². The topological polar surface area (TPSA) is 114 Å². The molecule has 0 saturated heterocycles. The second-order valence-corrected chi connectivity index (χ2v) is 8.71. The largest absolute Gasteiger partial charge is 0.453 e. The number of amidine groups is 1. The Morgan fingerprint density at radius 2 is 2.00 bits per heavy atom. The zero-order chi connectivity index (χ0) is 20.1. The van der Waals surface area contributed by atoms with Crippen molar-refractivity contribution >= 4 is 27.7 Å². The minimum Gasteiger partial charge on any atom is -0.453 e. The third-order valence-corrected chi connectivity index (χ3v) is 6.25. The maximum atomic E-state index is 12.0. The lowest BCUT2D eigenvalue weighted by Crippen LogP contribution is -2.40. The molecule has 28 heavy (non-hydrogen) atoms. The molecule has 2 aliphatic rings. The van der Waals surface area contributed by atoms with Crippen LogP contribution < -0.4 is 10.0 Å². The second kappa shape index (κ2) is 8.72. The summed E-state index contributed by atoms with van der Waals surface area (Å²) in [5, 5.41) is 2.90. The molecule has 0 spiro atoms. The summed E-state index contributed by atoms with van der Waals surface area (Å²) < 4.78 is 31.6. The fourth-order valence-corrected chi connectivity index (χ4v) is 4.61. The van der Waals surface area contributed by atoms with E-state index in [-0.39, 0.29) is 35.6 Å². The van der Waals surface area contributed by atoms with Crippen molar-refractivity contribution in [3.05, 3.63) is 29.8 Å². The number of ether oxygens (including phenoxy) is 1. The summed E-state index contributed by atoms with van der Waals surface area (Å²) in [6.45, 7) is 1.83. The maximum absolute atomic E-state index is 12.0. The first kappa shape index (κ1) is 20.3. The zero-order valence-corrected chi connectivity index (χ0v) is 16.6. The Morgan fingerprint density at radius 1 is 1.29 bits per heavy atom. The number of amides is 1. The molecule has 9 heteroatoms. The first-order valence-corrected chi connectivity index (χ1v) is 11.0. The number of fused-ring (bicyclic) bond motifs is 1. The van der Waals surface area contributed by atoms with Crippen LogP contribution in [-0.2, 0) is 24.3 Å². The van der Waals surface area contributed by atoms with E-state index in [1.165, 1.54) is 6.07 Å². The Bertz CT molecular complexity index is 875. The molecule has 1 aliphatic carbocycles. The van der Waals surface area contributed by atoms with Crippen LogP contribution in [0.2, 0.25) is 0 Å². The molecule has 1 saturated carbocycles. The highest BCUT2D eigenvalue weighted by Crippen LogP contribution is 2.22. The molecule has 1 heterocycles. The van der Waals surface area contributed by atoms with E-state index in [1.54, 1.807) is 25.1 Å². The van der Waals surface area contributed by atoms with E-state index in [1.807, 2.05) is 0 Å². The normalized spacial score (nSPS) is 20.4. The summed E-state index contributed by atoms with van der Waals surface area (Å²) in [4.78, 5) is 28.4. The van der Waals surface area contributed by atoms with Crippen LogP contribution in [0.5, 0.6) is 0 Å². The predicted molar refractivity (Wildman–Crippen MR) is 103 cm³/mol. The van der Waals surface area contributed by atoms with Gasteiger partial charge in [-0.25, -0.2) is 8.42 Å². The molecule has 1 aromatic rings. The molecule has 1 amide bonds. The van der Waals surface area contributed by atoms with Gasteiger partial charge in [0.15, 0.2) is 6.10 Å². The smallest absolute Gasteiger partial charge is 0.306 e. The van der Waals surface area contributed by atoms with Crippen molar-refractivity contribution in [1.82, 2.24) is 10.0 Å². The lowest BCUT2D eigenvalue weighted by atomic mass is 10.2. The summed E-state index contributed by atoms with van der Waals surface area (Å²) in [6.07, 6.45) is 3.84. The Balaban J connectivity index is 1.43. The van der Waals surface area contributed by atoms with E-state index in [4.69, 9.17) is 4.74 Å². The minimum atomic E-state index is -3.56. The number of rotatable bonds is 7. The van der Waals surface area contributed by atoms with Crippen molar-refractivity contribution < 1.29 is 22.7 Å². The number of hydrogen-bond acceptors (Lipinski definition) is 6. The average Bonchev–Trinajstić information content (AvgIpc) is 3.25. The van der Waals surface area contributed by atoms with Crippen LogP contribution >= 0.6 is 0 Å². The number of nitrogens with one attached hydrogen (secondary N) is 2. The van der Waals surface area contributed by atoms with Gasteiger partial charge in [-0.1, -0.05) is 25.0 Å². The van der Waals surface area contributed by atoms with Crippen LogP contribution in [-0.4, -0.2) is 44.8 Å². The molecule has 1 atom stereocenters. The number of aliphatic imine (C=N–C) groups is 1. The van der Waals surface area contributed by atoms with E-state index < -0.39 is 22.1 Å². The summed E-state index contributed by atoms with van der Waals surface area (Å²) in [5.41, 5.74) is 0.530. The van der Waals surface area contributed by atoms with Gasteiger partial charge in [-0.3, -0.25) is 19.3 Å². The summed E-state index contributed by atoms with van der Waals surface area (Å²) in [5.74, 6) is -0.451. The van der Waals surface area contributed by atoms with E-state index >= 15 is 0 Å². The number of nitrogens with zero attached hydrogens (tertiary/aromatic N) is 1. The molecular weight excluding hydrogens is 382 g/mol. The number of sulfonamides is 1. The van der Waals surface area contributed by atoms with Crippen LogP contribution in [0, 0.1) is 0 Å². The van der Waals surface area contributed by atoms with Crippen molar-refractivity contribution in [3.63, 3.8) is 0 Å². The standard InChI is InChI=1S/C19H25N3O5S/c1-13(19(24)21-14-7-2-3-8-14)27-17(23)11-6-12-20-18-15-9-4-5-10-16(15)28(25,26)22-18/h4-5,9-10,13-14H,2-3,6-8,11-12H2,1H3,(H,20,22)(H,21,24). The lowest BCUT2D eigenvalue weighted by Gasteiger charge is -2.17. The summed E-state index contributed by atoms with van der Waals surface area (Å²) in [6, 6.07) is 6.79. The van der Waals surface area contributed by atoms with E-state index in [0.29, 0.717) is 12.0 Å². The molecule has 1 aliphatic heterocycles. The first-order valence-electron chi connectivity index (χ1n) is 9.53. The highest BCUT2D eigenvalue weighted by Gasteiger charge is 2.30. The van der Waals surface area contributed by atoms with Gasteiger partial charge in [-0.2, -0.15) is 0 Å². The quantitative estimate of drug-likeness (QED) is 0.525. The number of benzene rings is 1. The zero-order valence-electron chi connectivity index (χ0n) is 15.8. The van der Waals surface area contributed by atoms with Crippen molar-refractivity contribution in [1.29, 1.82) is 0 Å². The number of esters is 1. The molecule has 1 aromatic carbocycles. The molecule has 1 unspecified atom stereocenters. The number of carbonyl (C=O) groups is 2. The second-order valence-electron chi connectivity index (χ2n) is 7.06. The Labute approximate surface area is 164 Å². The van der Waals surface area contributed by atoms with Crippen LogP contribution in [0.25, 0.3) is 0 Å². The molecule has 0 aromatic heterocycles. The fourth-order valence-electron chi connectivity index (χ4n) is 3.36. The third-order valence-electron chi connectivity index (χ3n) is 4.85. The number of carbonyl (C=O) groups excluding carboxylic acids is 2. The molecule has 2 N–H and O–H groups in total. The molecule has 3 rings (SSSR count). The highest BCUT2D eigenvalue weighted by atomic mass is 32.2. The average molecular weight is 407 g/mol. The van der Waals surface area contributed by atoms with Gasteiger partial charge in [0.25, 0.3) is 15.9 Å². The summed E-state index contributed by atoms with van der Waals surface area (Å²) >= 11 is 0. The van der Waals surface area contributed by atoms with Crippen LogP contribution in [0.4, 0.5) is 0 Å². The van der Waals surface area contributed by atoms with Gasteiger partial charge in [-0.15, -0.1) is 0 Å². The van der Waals surface area contributed by atoms with Gasteiger partial charge < -0.3 is 10.1 Å². The van der Waals surface area contributed by atoms with Gasteiger partial charge in [0.2, 0.25) is 0 Å². The van der Waals surface area contributed by atoms with Crippen LogP contribution in [0.1, 0.15) is 51.0 Å². The monoisotopic (exact) mass is 407 g/mol. The Hall–Kier alpha value is -2.42. The molecular formula is C19H25N3O5S.